The summed E-state index contributed by atoms with van der Waals surface area (Å²) in [5.41, 5.74) is 0.648. The Bertz CT molecular complexity index is 724. The number of carbonyl (C=O) groups is 3. The summed E-state index contributed by atoms with van der Waals surface area (Å²) in [7, 11) is 1.69. The van der Waals surface area contributed by atoms with Gasteiger partial charge in [-0.15, -0.1) is 0 Å². The van der Waals surface area contributed by atoms with Crippen molar-refractivity contribution in [3.05, 3.63) is 58.3 Å². The lowest BCUT2D eigenvalue weighted by molar-refractivity contribution is -0.123. The normalized spacial score (nSPS) is 10.1. The number of hydrogen-bond acceptors (Lipinski definition) is 4. The van der Waals surface area contributed by atoms with Crippen LogP contribution in [0.25, 0.3) is 0 Å². The minimum atomic E-state index is -0.688. The van der Waals surface area contributed by atoms with E-state index in [1.807, 2.05) is 0 Å². The van der Waals surface area contributed by atoms with Crippen molar-refractivity contribution in [1.82, 2.24) is 9.88 Å². The zero-order valence-corrected chi connectivity index (χ0v) is 13.3. The van der Waals surface area contributed by atoms with Gasteiger partial charge < -0.3 is 9.30 Å². The summed E-state index contributed by atoms with van der Waals surface area (Å²) in [5, 5.41) is 2.16. The van der Waals surface area contributed by atoms with Gasteiger partial charge in [0, 0.05) is 17.7 Å². The van der Waals surface area contributed by atoms with Crippen LogP contribution in [0.3, 0.4) is 0 Å². The molecule has 114 valence electrons. The lowest BCUT2D eigenvalue weighted by Crippen LogP contribution is -2.35. The molecule has 0 fully saturated rings. The maximum absolute atomic E-state index is 11.8. The summed E-state index contributed by atoms with van der Waals surface area (Å²) < 4.78 is 7.03. The van der Waals surface area contributed by atoms with Gasteiger partial charge in [-0.1, -0.05) is 12.1 Å². The van der Waals surface area contributed by atoms with Crippen LogP contribution >= 0.6 is 15.9 Å². The SMILES string of the molecule is Cn1cccc1C(=O)NC(=O)COC(=O)c1ccccc1Br. The average Bonchev–Trinajstić information content (AvgIpc) is 2.91. The molecule has 0 radical (unpaired) electrons. The highest BCUT2D eigenvalue weighted by Crippen LogP contribution is 2.16. The first-order valence-electron chi connectivity index (χ1n) is 6.36. The molecule has 1 aromatic heterocycles. The topological polar surface area (TPSA) is 77.4 Å². The zero-order chi connectivity index (χ0) is 16.1. The van der Waals surface area contributed by atoms with E-state index in [9.17, 15) is 14.4 Å². The maximum Gasteiger partial charge on any atom is 0.339 e. The molecule has 0 unspecified atom stereocenters. The van der Waals surface area contributed by atoms with E-state index < -0.39 is 24.4 Å². The molecule has 0 bridgehead atoms. The van der Waals surface area contributed by atoms with Gasteiger partial charge in [-0.25, -0.2) is 4.79 Å². The van der Waals surface area contributed by atoms with Crippen LogP contribution in [0.4, 0.5) is 0 Å². The van der Waals surface area contributed by atoms with Gasteiger partial charge in [0.15, 0.2) is 6.61 Å². The number of imide groups is 1. The third-order valence-electron chi connectivity index (χ3n) is 2.86. The highest BCUT2D eigenvalue weighted by molar-refractivity contribution is 9.10. The van der Waals surface area contributed by atoms with Gasteiger partial charge in [0.2, 0.25) is 0 Å². The highest BCUT2D eigenvalue weighted by Gasteiger charge is 2.16. The number of nitrogens with one attached hydrogen (secondary N) is 1. The van der Waals surface area contributed by atoms with Crippen molar-refractivity contribution in [3.63, 3.8) is 0 Å². The van der Waals surface area contributed by atoms with E-state index >= 15 is 0 Å². The Hall–Kier alpha value is -2.41. The minimum Gasteiger partial charge on any atom is -0.452 e. The number of nitrogens with zero attached hydrogens (tertiary/aromatic N) is 1. The second-order valence-electron chi connectivity index (χ2n) is 4.44. The van der Waals surface area contributed by atoms with Crippen molar-refractivity contribution in [2.45, 2.75) is 0 Å². The number of carbonyl (C=O) groups excluding carboxylic acids is 3. The molecule has 1 aromatic carbocycles. The molecule has 7 heteroatoms. The second kappa shape index (κ2) is 7.04. The van der Waals surface area contributed by atoms with Crippen LogP contribution in [0.1, 0.15) is 20.8 Å². The molecule has 0 aliphatic carbocycles. The first-order valence-corrected chi connectivity index (χ1v) is 7.15. The number of amides is 2. The molecule has 0 spiro atoms. The van der Waals surface area contributed by atoms with Crippen molar-refractivity contribution in [1.29, 1.82) is 0 Å². The van der Waals surface area contributed by atoms with Crippen molar-refractivity contribution >= 4 is 33.7 Å². The fourth-order valence-electron chi connectivity index (χ4n) is 1.76. The van der Waals surface area contributed by atoms with Gasteiger partial charge in [0.1, 0.15) is 5.69 Å². The Labute approximate surface area is 135 Å². The number of hydrogen-bond donors (Lipinski definition) is 1. The number of benzene rings is 1. The van der Waals surface area contributed by atoms with Crippen LogP contribution in [0, 0.1) is 0 Å². The van der Waals surface area contributed by atoms with Gasteiger partial charge >= 0.3 is 5.97 Å². The van der Waals surface area contributed by atoms with Gasteiger partial charge in [-0.2, -0.15) is 0 Å². The number of rotatable bonds is 4. The maximum atomic E-state index is 11.8. The van der Waals surface area contributed by atoms with E-state index in [0.717, 1.165) is 0 Å². The molecule has 1 N–H and O–H groups in total. The smallest absolute Gasteiger partial charge is 0.339 e. The van der Waals surface area contributed by atoms with E-state index in [4.69, 9.17) is 4.74 Å². The highest BCUT2D eigenvalue weighted by atomic mass is 79.9. The van der Waals surface area contributed by atoms with E-state index in [1.54, 1.807) is 54.2 Å². The Morgan fingerprint density at radius 2 is 1.91 bits per heavy atom. The number of halogens is 1. The van der Waals surface area contributed by atoms with E-state index in [-0.39, 0.29) is 0 Å². The molecule has 2 amide bonds. The Balaban J connectivity index is 1.88. The lowest BCUT2D eigenvalue weighted by Gasteiger charge is -2.07. The summed E-state index contributed by atoms with van der Waals surface area (Å²) in [6.45, 7) is -0.531. The van der Waals surface area contributed by atoms with Crippen molar-refractivity contribution < 1.29 is 19.1 Å². The van der Waals surface area contributed by atoms with Crippen molar-refractivity contribution in [3.8, 4) is 0 Å². The summed E-state index contributed by atoms with van der Waals surface area (Å²) in [4.78, 5) is 35.3. The third-order valence-corrected chi connectivity index (χ3v) is 3.55. The number of esters is 1. The summed E-state index contributed by atoms with van der Waals surface area (Å²) in [6.07, 6.45) is 1.69. The molecule has 0 atom stereocenters. The Morgan fingerprint density at radius 3 is 2.55 bits per heavy atom. The summed E-state index contributed by atoms with van der Waals surface area (Å²) in [5.74, 6) is -1.88. The Kier molecular flexibility index (Phi) is 5.11. The van der Waals surface area contributed by atoms with Crippen LogP contribution in [0.15, 0.2) is 47.1 Å². The largest absolute Gasteiger partial charge is 0.452 e. The number of ether oxygens (including phenoxy) is 1. The standard InChI is InChI=1S/C15H13BrN2O4/c1-18-8-4-7-12(18)14(20)17-13(19)9-22-15(21)10-5-2-3-6-11(10)16/h2-8H,9H2,1H3,(H,17,19,20). The molecule has 0 aliphatic rings. The minimum absolute atomic E-state index is 0.309. The van der Waals surface area contributed by atoms with Crippen LogP contribution < -0.4 is 5.32 Å². The molecular weight excluding hydrogens is 352 g/mol. The third kappa shape index (κ3) is 3.82. The molecule has 2 aromatic rings. The molecule has 6 nitrogen and oxygen atoms in total. The summed E-state index contributed by atoms with van der Waals surface area (Å²) >= 11 is 3.22. The zero-order valence-electron chi connectivity index (χ0n) is 11.7. The fraction of sp³-hybridized carbons (Fsp3) is 0.133. The predicted octanol–water partition coefficient (Wildman–Crippen LogP) is 1.90. The average molecular weight is 365 g/mol. The van der Waals surface area contributed by atoms with Crippen LogP contribution in [0.2, 0.25) is 0 Å². The molecule has 0 saturated heterocycles. The van der Waals surface area contributed by atoms with Gasteiger partial charge in [-0.05, 0) is 40.2 Å². The van der Waals surface area contributed by atoms with Crippen LogP contribution in [-0.2, 0) is 16.6 Å². The van der Waals surface area contributed by atoms with Gasteiger partial charge in [0.05, 0.1) is 5.56 Å². The molecule has 0 aliphatic heterocycles. The molecule has 22 heavy (non-hydrogen) atoms. The number of aromatic nitrogens is 1. The summed E-state index contributed by atoms with van der Waals surface area (Å²) in [6, 6.07) is 9.96. The van der Waals surface area contributed by atoms with Crippen LogP contribution in [0.5, 0.6) is 0 Å². The van der Waals surface area contributed by atoms with Crippen molar-refractivity contribution in [2.75, 3.05) is 6.61 Å². The predicted molar refractivity (Wildman–Crippen MR) is 82.3 cm³/mol. The molecule has 1 heterocycles. The molecule has 2 rings (SSSR count). The molecular formula is C15H13BrN2O4. The number of aryl methyl sites for hydroxylation is 1. The van der Waals surface area contributed by atoms with Crippen molar-refractivity contribution in [2.24, 2.45) is 7.05 Å². The Morgan fingerprint density at radius 1 is 1.18 bits per heavy atom. The quantitative estimate of drug-likeness (QED) is 0.840. The van der Waals surface area contributed by atoms with E-state index in [2.05, 4.69) is 21.2 Å². The fourth-order valence-corrected chi connectivity index (χ4v) is 2.21. The van der Waals surface area contributed by atoms with E-state index in [0.29, 0.717) is 15.7 Å². The first-order chi connectivity index (χ1) is 10.5. The second-order valence-corrected chi connectivity index (χ2v) is 5.29. The first kappa shape index (κ1) is 16.0. The van der Waals surface area contributed by atoms with Gasteiger partial charge in [0.25, 0.3) is 11.8 Å². The molecule has 0 saturated carbocycles. The van der Waals surface area contributed by atoms with E-state index in [1.165, 1.54) is 0 Å². The monoisotopic (exact) mass is 364 g/mol. The lowest BCUT2D eigenvalue weighted by atomic mass is 10.2. The van der Waals surface area contributed by atoms with Gasteiger partial charge in [-0.3, -0.25) is 14.9 Å². The van der Waals surface area contributed by atoms with Crippen LogP contribution in [-0.4, -0.2) is 29.0 Å².